The van der Waals surface area contributed by atoms with Crippen molar-refractivity contribution < 1.29 is 18.0 Å². The molecule has 1 amide bonds. The SMILES string of the molecule is O=C(Cn1c(C(F)(F)F)nc2ccccc21)NC(c1ccccc1)c1ccccc1. The predicted octanol–water partition coefficient (Wildman–Crippen LogP) is 4.96. The van der Waals surface area contributed by atoms with E-state index in [1.807, 2.05) is 60.7 Å². The van der Waals surface area contributed by atoms with Crippen molar-refractivity contribution in [2.45, 2.75) is 18.8 Å². The minimum absolute atomic E-state index is 0.195. The van der Waals surface area contributed by atoms with Crippen LogP contribution in [0.5, 0.6) is 0 Å². The zero-order chi connectivity index (χ0) is 21.1. The first-order valence-electron chi connectivity index (χ1n) is 9.35. The van der Waals surface area contributed by atoms with Crippen molar-refractivity contribution in [1.29, 1.82) is 0 Å². The molecule has 0 saturated carbocycles. The summed E-state index contributed by atoms with van der Waals surface area (Å²) in [7, 11) is 0. The number of carbonyl (C=O) groups excluding carboxylic acids is 1. The third-order valence-corrected chi connectivity index (χ3v) is 4.78. The minimum atomic E-state index is -4.67. The fraction of sp³-hybridized carbons (Fsp3) is 0.130. The molecule has 152 valence electrons. The second-order valence-corrected chi connectivity index (χ2v) is 6.83. The van der Waals surface area contributed by atoms with Gasteiger partial charge in [-0.05, 0) is 23.3 Å². The van der Waals surface area contributed by atoms with Gasteiger partial charge in [-0.25, -0.2) is 4.98 Å². The van der Waals surface area contributed by atoms with Gasteiger partial charge in [0.1, 0.15) is 6.54 Å². The highest BCUT2D eigenvalue weighted by atomic mass is 19.4. The summed E-state index contributed by atoms with van der Waals surface area (Å²) in [6.07, 6.45) is -4.67. The number of amides is 1. The number of para-hydroxylation sites is 2. The molecule has 1 heterocycles. The number of aromatic nitrogens is 2. The van der Waals surface area contributed by atoms with Crippen LogP contribution in [0.15, 0.2) is 84.9 Å². The number of nitrogens with one attached hydrogen (secondary N) is 1. The number of benzene rings is 3. The molecule has 0 atom stereocenters. The summed E-state index contributed by atoms with van der Waals surface area (Å²) in [5.41, 5.74) is 2.13. The van der Waals surface area contributed by atoms with E-state index in [1.54, 1.807) is 12.1 Å². The average Bonchev–Trinajstić information content (AvgIpc) is 3.12. The predicted molar refractivity (Wildman–Crippen MR) is 108 cm³/mol. The summed E-state index contributed by atoms with van der Waals surface area (Å²) in [4.78, 5) is 16.6. The van der Waals surface area contributed by atoms with E-state index < -0.39 is 30.5 Å². The second-order valence-electron chi connectivity index (χ2n) is 6.83. The molecule has 7 heteroatoms. The maximum atomic E-state index is 13.5. The van der Waals surface area contributed by atoms with Crippen LogP contribution in [0.4, 0.5) is 13.2 Å². The largest absolute Gasteiger partial charge is 0.449 e. The first-order valence-corrected chi connectivity index (χ1v) is 9.35. The normalized spacial score (nSPS) is 11.7. The van der Waals surface area contributed by atoms with Crippen LogP contribution in [0.25, 0.3) is 11.0 Å². The zero-order valence-corrected chi connectivity index (χ0v) is 15.8. The molecular weight excluding hydrogens is 391 g/mol. The summed E-state index contributed by atoms with van der Waals surface area (Å²) in [6, 6.07) is 24.4. The van der Waals surface area contributed by atoms with Crippen LogP contribution in [0.2, 0.25) is 0 Å². The first-order chi connectivity index (χ1) is 14.4. The molecule has 0 aliphatic heterocycles. The zero-order valence-electron chi connectivity index (χ0n) is 15.8. The molecule has 0 fully saturated rings. The lowest BCUT2D eigenvalue weighted by atomic mass is 9.99. The number of imidazole rings is 1. The molecule has 4 rings (SSSR count). The molecule has 0 spiro atoms. The van der Waals surface area contributed by atoms with Gasteiger partial charge in [-0.3, -0.25) is 4.79 Å². The lowest BCUT2D eigenvalue weighted by Crippen LogP contribution is -2.33. The van der Waals surface area contributed by atoms with Gasteiger partial charge in [0.05, 0.1) is 17.1 Å². The van der Waals surface area contributed by atoms with E-state index in [1.165, 1.54) is 12.1 Å². The van der Waals surface area contributed by atoms with Gasteiger partial charge in [0, 0.05) is 0 Å². The summed E-state index contributed by atoms with van der Waals surface area (Å²) in [5, 5.41) is 2.88. The minimum Gasteiger partial charge on any atom is -0.344 e. The Balaban J connectivity index is 1.67. The number of halogens is 3. The summed E-state index contributed by atoms with van der Waals surface area (Å²) >= 11 is 0. The van der Waals surface area contributed by atoms with Gasteiger partial charge in [-0.1, -0.05) is 72.8 Å². The standard InChI is InChI=1S/C23H18F3N3O/c24-23(25,26)22-27-18-13-7-8-14-19(18)29(22)15-20(30)28-21(16-9-3-1-4-10-16)17-11-5-2-6-12-17/h1-14,21H,15H2,(H,28,30). The Kier molecular flexibility index (Phi) is 5.27. The van der Waals surface area contributed by atoms with Crippen LogP contribution in [0.3, 0.4) is 0 Å². The van der Waals surface area contributed by atoms with E-state index in [0.29, 0.717) is 0 Å². The number of alkyl halides is 3. The maximum absolute atomic E-state index is 13.5. The van der Waals surface area contributed by atoms with Gasteiger partial charge in [-0.15, -0.1) is 0 Å². The van der Waals surface area contributed by atoms with E-state index in [-0.39, 0.29) is 11.0 Å². The highest BCUT2D eigenvalue weighted by Crippen LogP contribution is 2.31. The van der Waals surface area contributed by atoms with Crippen molar-refractivity contribution in [3.05, 3.63) is 102 Å². The van der Waals surface area contributed by atoms with Gasteiger partial charge >= 0.3 is 6.18 Å². The van der Waals surface area contributed by atoms with Gasteiger partial charge in [0.15, 0.2) is 0 Å². The summed E-state index contributed by atoms with van der Waals surface area (Å²) in [6.45, 7) is -0.495. The number of hydrogen-bond donors (Lipinski definition) is 1. The van der Waals surface area contributed by atoms with Gasteiger partial charge in [-0.2, -0.15) is 13.2 Å². The number of carbonyl (C=O) groups is 1. The van der Waals surface area contributed by atoms with E-state index in [4.69, 9.17) is 0 Å². The maximum Gasteiger partial charge on any atom is 0.449 e. The molecule has 0 radical (unpaired) electrons. The quantitative estimate of drug-likeness (QED) is 0.506. The average molecular weight is 409 g/mol. The van der Waals surface area contributed by atoms with Crippen LogP contribution in [-0.2, 0) is 17.5 Å². The Labute approximate surface area is 171 Å². The van der Waals surface area contributed by atoms with Crippen LogP contribution in [-0.4, -0.2) is 15.5 Å². The van der Waals surface area contributed by atoms with Gasteiger partial charge in [0.2, 0.25) is 11.7 Å². The number of rotatable bonds is 5. The summed E-state index contributed by atoms with van der Waals surface area (Å²) < 4.78 is 41.5. The van der Waals surface area contributed by atoms with Crippen molar-refractivity contribution in [3.8, 4) is 0 Å². The number of nitrogens with zero attached hydrogens (tertiary/aromatic N) is 2. The molecule has 1 aromatic heterocycles. The lowest BCUT2D eigenvalue weighted by molar-refractivity contribution is -0.147. The molecule has 4 aromatic rings. The highest BCUT2D eigenvalue weighted by Gasteiger charge is 2.38. The molecular formula is C23H18F3N3O. The third-order valence-electron chi connectivity index (χ3n) is 4.78. The molecule has 0 saturated heterocycles. The van der Waals surface area contributed by atoms with Crippen molar-refractivity contribution in [3.63, 3.8) is 0 Å². The molecule has 0 aliphatic rings. The van der Waals surface area contributed by atoms with Crippen molar-refractivity contribution in [2.75, 3.05) is 0 Å². The van der Waals surface area contributed by atoms with Crippen LogP contribution in [0.1, 0.15) is 23.0 Å². The van der Waals surface area contributed by atoms with Crippen LogP contribution >= 0.6 is 0 Å². The third kappa shape index (κ3) is 4.05. The smallest absolute Gasteiger partial charge is 0.344 e. The Morgan fingerprint density at radius 3 is 1.97 bits per heavy atom. The highest BCUT2D eigenvalue weighted by molar-refractivity contribution is 5.81. The van der Waals surface area contributed by atoms with E-state index in [9.17, 15) is 18.0 Å². The molecule has 30 heavy (non-hydrogen) atoms. The topological polar surface area (TPSA) is 46.9 Å². The van der Waals surface area contributed by atoms with E-state index in [2.05, 4.69) is 10.3 Å². The van der Waals surface area contributed by atoms with Gasteiger partial charge < -0.3 is 9.88 Å². The lowest BCUT2D eigenvalue weighted by Gasteiger charge is -2.20. The number of hydrogen-bond acceptors (Lipinski definition) is 2. The molecule has 1 N–H and O–H groups in total. The Hall–Kier alpha value is -3.61. The molecule has 0 aliphatic carbocycles. The fourth-order valence-corrected chi connectivity index (χ4v) is 3.45. The molecule has 0 bridgehead atoms. The summed E-state index contributed by atoms with van der Waals surface area (Å²) in [5.74, 6) is -1.63. The molecule has 3 aromatic carbocycles. The monoisotopic (exact) mass is 409 g/mol. The van der Waals surface area contributed by atoms with E-state index in [0.717, 1.165) is 15.7 Å². The Bertz CT molecular complexity index is 1120. The molecule has 0 unspecified atom stereocenters. The molecule has 4 nitrogen and oxygen atoms in total. The van der Waals surface area contributed by atoms with Crippen molar-refractivity contribution in [1.82, 2.24) is 14.9 Å². The fourth-order valence-electron chi connectivity index (χ4n) is 3.45. The van der Waals surface area contributed by atoms with Crippen LogP contribution in [0, 0.1) is 0 Å². The van der Waals surface area contributed by atoms with Crippen molar-refractivity contribution in [2.24, 2.45) is 0 Å². The number of fused-ring (bicyclic) bond motifs is 1. The van der Waals surface area contributed by atoms with Crippen molar-refractivity contribution >= 4 is 16.9 Å². The first kappa shape index (κ1) is 19.7. The Morgan fingerprint density at radius 2 is 1.40 bits per heavy atom. The van der Waals surface area contributed by atoms with Crippen LogP contribution < -0.4 is 5.32 Å². The van der Waals surface area contributed by atoms with E-state index >= 15 is 0 Å². The Morgan fingerprint density at radius 1 is 0.867 bits per heavy atom. The second kappa shape index (κ2) is 8.02. The van der Waals surface area contributed by atoms with Gasteiger partial charge in [0.25, 0.3) is 0 Å².